The van der Waals surface area contributed by atoms with Gasteiger partial charge >= 0.3 is 11.9 Å². The Morgan fingerprint density at radius 2 is 0.476 bits per heavy atom. The summed E-state index contributed by atoms with van der Waals surface area (Å²) in [7, 11) is 0. The van der Waals surface area contributed by atoms with Gasteiger partial charge in [0.25, 0.3) is 0 Å². The highest BCUT2D eigenvalue weighted by molar-refractivity contribution is 5.95. The second kappa shape index (κ2) is 47.4. The van der Waals surface area contributed by atoms with Gasteiger partial charge in [-0.3, -0.25) is 0 Å². The minimum absolute atomic E-state index is 0.379. The van der Waals surface area contributed by atoms with E-state index in [2.05, 4.69) is 27.7 Å². The summed E-state index contributed by atoms with van der Waals surface area (Å²) in [5.74, 6) is 2.32. The molecule has 0 aliphatic carbocycles. The van der Waals surface area contributed by atoms with Crippen LogP contribution >= 0.6 is 0 Å². The Morgan fingerprint density at radius 3 is 0.732 bits per heavy atom. The van der Waals surface area contributed by atoms with Crippen molar-refractivity contribution < 1.29 is 38.0 Å². The van der Waals surface area contributed by atoms with E-state index >= 15 is 0 Å². The van der Waals surface area contributed by atoms with Crippen molar-refractivity contribution in [3.63, 3.8) is 0 Å². The summed E-state index contributed by atoms with van der Waals surface area (Å²) >= 11 is 0. The van der Waals surface area contributed by atoms with Crippen molar-refractivity contribution in [2.24, 2.45) is 0 Å². The first kappa shape index (κ1) is 69.5. The Labute approximate surface area is 500 Å². The Kier molecular flexibility index (Phi) is 40.2. The molecule has 8 nitrogen and oxygen atoms in total. The lowest BCUT2D eigenvalue weighted by atomic mass is 10.1. The molecule has 82 heavy (non-hydrogen) atoms. The molecule has 0 bridgehead atoms. The number of benzene rings is 4. The van der Waals surface area contributed by atoms with E-state index in [-0.39, 0.29) is 0 Å². The second-order valence-electron chi connectivity index (χ2n) is 23.3. The summed E-state index contributed by atoms with van der Waals surface area (Å²) in [5, 5.41) is 0. The SMILES string of the molecule is CCCCCCCCCCCCOc1ccc(C(=O)Oc2ccc(-c3ccc(OC(=O)c4ccc(OCCCCCCCCCCCC)cc4OCCCCCCCCCCCC)cc3)cc2)c(OCCCCCCCCCCCC)c1. The normalized spacial score (nSPS) is 11.2. The van der Waals surface area contributed by atoms with Crippen molar-refractivity contribution in [3.05, 3.63) is 96.1 Å². The average Bonchev–Trinajstić information content (AvgIpc) is 3.53. The summed E-state index contributed by atoms with van der Waals surface area (Å²) in [6.07, 6.45) is 50.3. The summed E-state index contributed by atoms with van der Waals surface area (Å²) < 4.78 is 36.9. The van der Waals surface area contributed by atoms with Crippen LogP contribution in [-0.2, 0) is 0 Å². The zero-order valence-corrected chi connectivity index (χ0v) is 52.5. The molecule has 0 aliphatic heterocycles. The van der Waals surface area contributed by atoms with Crippen LogP contribution in [0.15, 0.2) is 84.9 Å². The maximum atomic E-state index is 13.8. The van der Waals surface area contributed by atoms with Gasteiger partial charge in [-0.25, -0.2) is 9.59 Å². The molecule has 0 spiro atoms. The Morgan fingerprint density at radius 1 is 0.256 bits per heavy atom. The number of rotatable bonds is 53. The molecule has 4 rings (SSSR count). The van der Waals surface area contributed by atoms with E-state index in [4.69, 9.17) is 28.4 Å². The molecule has 0 atom stereocenters. The van der Waals surface area contributed by atoms with Crippen LogP contribution in [0.4, 0.5) is 0 Å². The largest absolute Gasteiger partial charge is 0.493 e. The first-order valence-electron chi connectivity index (χ1n) is 33.9. The number of carbonyl (C=O) groups excluding carboxylic acids is 2. The molecule has 0 unspecified atom stereocenters. The monoisotopic (exact) mass is 1130 g/mol. The summed E-state index contributed by atoms with van der Waals surface area (Å²) in [5.41, 5.74) is 2.62. The van der Waals surface area contributed by atoms with Crippen molar-refractivity contribution in [2.75, 3.05) is 26.4 Å². The van der Waals surface area contributed by atoms with Gasteiger partial charge in [0, 0.05) is 12.1 Å². The predicted molar refractivity (Wildman–Crippen MR) is 344 cm³/mol. The number of ether oxygens (including phenoxy) is 6. The molecule has 0 fully saturated rings. The molecule has 4 aromatic carbocycles. The minimum Gasteiger partial charge on any atom is -0.493 e. The number of hydrogen-bond acceptors (Lipinski definition) is 8. The maximum Gasteiger partial charge on any atom is 0.347 e. The van der Waals surface area contributed by atoms with Gasteiger partial charge in [-0.05, 0) is 85.3 Å². The highest BCUT2D eigenvalue weighted by Gasteiger charge is 2.19. The molecule has 0 saturated carbocycles. The molecule has 4 aromatic rings. The van der Waals surface area contributed by atoms with Crippen LogP contribution in [0, 0.1) is 0 Å². The smallest absolute Gasteiger partial charge is 0.347 e. The lowest BCUT2D eigenvalue weighted by Gasteiger charge is -2.14. The van der Waals surface area contributed by atoms with Crippen molar-refractivity contribution in [1.82, 2.24) is 0 Å². The van der Waals surface area contributed by atoms with Crippen LogP contribution in [0.5, 0.6) is 34.5 Å². The third-order valence-corrected chi connectivity index (χ3v) is 15.9. The Balaban J connectivity index is 1.31. The molecule has 8 heteroatoms. The average molecular weight is 1130 g/mol. The molecule has 0 amide bonds. The van der Waals surface area contributed by atoms with Crippen LogP contribution in [0.2, 0.25) is 0 Å². The highest BCUT2D eigenvalue weighted by Crippen LogP contribution is 2.31. The van der Waals surface area contributed by atoms with Gasteiger partial charge in [-0.15, -0.1) is 0 Å². The van der Waals surface area contributed by atoms with E-state index < -0.39 is 11.9 Å². The zero-order chi connectivity index (χ0) is 58.2. The molecule has 0 saturated heterocycles. The Bertz CT molecular complexity index is 2030. The molecule has 458 valence electrons. The number of esters is 2. The quantitative estimate of drug-likeness (QED) is 0.0245. The first-order valence-corrected chi connectivity index (χ1v) is 33.9. The number of hydrogen-bond donors (Lipinski definition) is 0. The third kappa shape index (κ3) is 32.2. The van der Waals surface area contributed by atoms with Crippen LogP contribution in [0.3, 0.4) is 0 Å². The van der Waals surface area contributed by atoms with Gasteiger partial charge in [-0.1, -0.05) is 283 Å². The van der Waals surface area contributed by atoms with Crippen LogP contribution in [0.25, 0.3) is 11.1 Å². The maximum absolute atomic E-state index is 13.8. The first-order chi connectivity index (χ1) is 40.4. The summed E-state index contributed by atoms with van der Waals surface area (Å²) in [6, 6.07) is 25.9. The van der Waals surface area contributed by atoms with Gasteiger partial charge in [0.2, 0.25) is 0 Å². The van der Waals surface area contributed by atoms with Crippen LogP contribution < -0.4 is 28.4 Å². The van der Waals surface area contributed by atoms with E-state index in [9.17, 15) is 9.59 Å². The van der Waals surface area contributed by atoms with Gasteiger partial charge in [0.05, 0.1) is 26.4 Å². The molecule has 0 aliphatic rings. The topological polar surface area (TPSA) is 89.5 Å². The number of unbranched alkanes of at least 4 members (excludes halogenated alkanes) is 36. The van der Waals surface area contributed by atoms with E-state index in [0.717, 1.165) is 62.5 Å². The fourth-order valence-corrected chi connectivity index (χ4v) is 10.6. The fourth-order valence-electron chi connectivity index (χ4n) is 10.6. The molecular weight excluding hydrogens is 1020 g/mol. The van der Waals surface area contributed by atoms with E-state index in [1.165, 1.54) is 205 Å². The van der Waals surface area contributed by atoms with Gasteiger partial charge < -0.3 is 28.4 Å². The third-order valence-electron chi connectivity index (χ3n) is 15.9. The highest BCUT2D eigenvalue weighted by atomic mass is 16.5. The molecule has 0 radical (unpaired) electrons. The second-order valence-corrected chi connectivity index (χ2v) is 23.3. The van der Waals surface area contributed by atoms with Gasteiger partial charge in [0.15, 0.2) is 0 Å². The van der Waals surface area contributed by atoms with E-state index in [0.29, 0.717) is 72.1 Å². The lowest BCUT2D eigenvalue weighted by Crippen LogP contribution is -2.12. The van der Waals surface area contributed by atoms with Gasteiger partial charge in [0.1, 0.15) is 45.6 Å². The Hall–Kier alpha value is -4.98. The van der Waals surface area contributed by atoms with Crippen molar-refractivity contribution in [3.8, 4) is 45.6 Å². The fraction of sp³-hybridized carbons (Fsp3) is 0.649. The summed E-state index contributed by atoms with van der Waals surface area (Å²) in [6.45, 7) is 11.4. The van der Waals surface area contributed by atoms with Gasteiger partial charge in [-0.2, -0.15) is 0 Å². The molecular formula is C74H114O8. The molecule has 0 aromatic heterocycles. The predicted octanol–water partition coefficient (Wildman–Crippen LogP) is 23.0. The zero-order valence-electron chi connectivity index (χ0n) is 52.5. The van der Waals surface area contributed by atoms with Crippen molar-refractivity contribution in [1.29, 1.82) is 0 Å². The van der Waals surface area contributed by atoms with Crippen molar-refractivity contribution >= 4 is 11.9 Å². The molecule has 0 N–H and O–H groups in total. The van der Waals surface area contributed by atoms with Crippen molar-refractivity contribution in [2.45, 2.75) is 285 Å². The minimum atomic E-state index is -0.475. The van der Waals surface area contributed by atoms with E-state index in [1.807, 2.05) is 48.5 Å². The molecule has 0 heterocycles. The van der Waals surface area contributed by atoms with E-state index in [1.54, 1.807) is 36.4 Å². The lowest BCUT2D eigenvalue weighted by molar-refractivity contribution is 0.0720. The standard InChI is InChI=1S/C74H114O8/c1-5-9-13-17-21-25-29-33-37-41-57-77-67-53-55-69(71(61-67)79-59-43-39-35-31-27-23-19-15-11-7-3)73(75)81-65-49-45-63(46-50-65)64-47-51-66(52-48-64)82-74(76)70-56-54-68(78-58-42-38-34-30-26-22-18-14-10-6-2)62-72(70)80-60-44-40-36-32-28-24-20-16-12-8-4/h45-56,61-62H,5-44,57-60H2,1-4H3. The number of carbonyl (C=O) groups is 2. The summed E-state index contributed by atoms with van der Waals surface area (Å²) in [4.78, 5) is 27.6. The van der Waals surface area contributed by atoms with Crippen LogP contribution in [0.1, 0.15) is 305 Å². The van der Waals surface area contributed by atoms with Crippen LogP contribution in [-0.4, -0.2) is 38.4 Å².